The molecule has 9 aromatic carbocycles. The van der Waals surface area contributed by atoms with E-state index < -0.39 is 0 Å². The predicted molar refractivity (Wildman–Crippen MR) is 240 cm³/mol. The maximum absolute atomic E-state index is 5.25. The van der Waals surface area contributed by atoms with Crippen LogP contribution < -0.4 is 0 Å². The summed E-state index contributed by atoms with van der Waals surface area (Å²) in [5.74, 6) is 1.92. The molecule has 11 rings (SSSR count). The molecule has 0 aliphatic heterocycles. The second-order valence-electron chi connectivity index (χ2n) is 14.6. The van der Waals surface area contributed by atoms with Crippen LogP contribution in [-0.4, -0.2) is 19.9 Å². The van der Waals surface area contributed by atoms with Gasteiger partial charge in [-0.2, -0.15) is 0 Å². The summed E-state index contributed by atoms with van der Waals surface area (Å²) >= 11 is 0. The van der Waals surface area contributed by atoms with Crippen molar-refractivity contribution in [3.8, 4) is 67.7 Å². The van der Waals surface area contributed by atoms with E-state index in [0.717, 1.165) is 66.1 Å². The van der Waals surface area contributed by atoms with Crippen LogP contribution in [0.3, 0.4) is 0 Å². The van der Waals surface area contributed by atoms with Gasteiger partial charge in [0.2, 0.25) is 0 Å². The first-order valence-corrected chi connectivity index (χ1v) is 19.6. The van der Waals surface area contributed by atoms with Crippen molar-refractivity contribution in [3.05, 3.63) is 206 Å². The number of aromatic nitrogens is 4. The van der Waals surface area contributed by atoms with E-state index >= 15 is 0 Å². The molecule has 0 atom stereocenters. The molecule has 58 heavy (non-hydrogen) atoms. The van der Waals surface area contributed by atoms with Crippen LogP contribution in [0.1, 0.15) is 0 Å². The SMILES string of the molecule is c1ccc(-c2cc(-c3cccc(-c4ccc(-c5nc(-c6cccc7ccccc67)nc(-c6cccc7ccccc67)n5)cc4)c3)nc3ccc4ccccc4c23)cc1. The average Bonchev–Trinajstić information content (AvgIpc) is 3.31. The van der Waals surface area contributed by atoms with Gasteiger partial charge < -0.3 is 0 Å². The molecule has 0 aliphatic rings. The standard InChI is InChI=1S/C54H34N4/c1-2-13-38(14-3-1)48-34-50(55-49-32-31-39-17-6-9-24-45(39)51(48)49)42-21-10-20-41(33-42)35-27-29-40(30-28-35)52-56-53(46-25-11-18-36-15-4-7-22-43(36)46)58-54(57-52)47-26-12-19-37-16-5-8-23-44(37)47/h1-34H. The van der Waals surface area contributed by atoms with Crippen LogP contribution in [-0.2, 0) is 0 Å². The third-order valence-electron chi connectivity index (χ3n) is 11.1. The molecular formula is C54H34N4. The van der Waals surface area contributed by atoms with Crippen LogP contribution in [0.5, 0.6) is 0 Å². The highest BCUT2D eigenvalue weighted by molar-refractivity contribution is 6.14. The Kier molecular flexibility index (Phi) is 8.11. The van der Waals surface area contributed by atoms with E-state index in [-0.39, 0.29) is 0 Å². The summed E-state index contributed by atoms with van der Waals surface area (Å²) in [5.41, 5.74) is 10.4. The van der Waals surface area contributed by atoms with Gasteiger partial charge in [0.05, 0.1) is 11.2 Å². The van der Waals surface area contributed by atoms with Gasteiger partial charge in [0.25, 0.3) is 0 Å². The molecule has 0 saturated carbocycles. The summed E-state index contributed by atoms with van der Waals surface area (Å²) in [6.07, 6.45) is 0. The van der Waals surface area contributed by atoms with Crippen LogP contribution in [0.15, 0.2) is 206 Å². The van der Waals surface area contributed by atoms with Gasteiger partial charge in [-0.1, -0.05) is 188 Å². The van der Waals surface area contributed by atoms with E-state index in [1.807, 2.05) is 0 Å². The highest BCUT2D eigenvalue weighted by Gasteiger charge is 2.17. The van der Waals surface area contributed by atoms with Crippen molar-refractivity contribution < 1.29 is 0 Å². The maximum atomic E-state index is 5.25. The lowest BCUT2D eigenvalue weighted by Crippen LogP contribution is -2.01. The number of hydrogen-bond acceptors (Lipinski definition) is 4. The lowest BCUT2D eigenvalue weighted by molar-refractivity contribution is 1.08. The highest BCUT2D eigenvalue weighted by Crippen LogP contribution is 2.38. The normalized spacial score (nSPS) is 11.4. The zero-order chi connectivity index (χ0) is 38.4. The first-order valence-electron chi connectivity index (χ1n) is 19.6. The minimum Gasteiger partial charge on any atom is -0.248 e. The van der Waals surface area contributed by atoms with E-state index in [9.17, 15) is 0 Å². The highest BCUT2D eigenvalue weighted by atomic mass is 15.0. The Labute approximate surface area is 335 Å². The first kappa shape index (κ1) is 33.5. The van der Waals surface area contributed by atoms with E-state index in [1.165, 1.54) is 27.3 Å². The fourth-order valence-electron chi connectivity index (χ4n) is 8.26. The zero-order valence-corrected chi connectivity index (χ0v) is 31.4. The number of rotatable bonds is 6. The lowest BCUT2D eigenvalue weighted by Gasteiger charge is -2.14. The van der Waals surface area contributed by atoms with Crippen molar-refractivity contribution in [2.45, 2.75) is 0 Å². The molecule has 2 heterocycles. The van der Waals surface area contributed by atoms with Crippen LogP contribution in [0.2, 0.25) is 0 Å². The Bertz CT molecular complexity index is 3230. The topological polar surface area (TPSA) is 51.6 Å². The van der Waals surface area contributed by atoms with Crippen molar-refractivity contribution in [1.82, 2.24) is 19.9 Å². The summed E-state index contributed by atoms with van der Waals surface area (Å²) in [7, 11) is 0. The maximum Gasteiger partial charge on any atom is 0.164 e. The average molecular weight is 739 g/mol. The molecule has 0 fully saturated rings. The van der Waals surface area contributed by atoms with Crippen LogP contribution in [0, 0.1) is 0 Å². The van der Waals surface area contributed by atoms with Gasteiger partial charge >= 0.3 is 0 Å². The zero-order valence-electron chi connectivity index (χ0n) is 31.4. The van der Waals surface area contributed by atoms with E-state index in [2.05, 4.69) is 206 Å². The monoisotopic (exact) mass is 738 g/mol. The fraction of sp³-hybridized carbons (Fsp3) is 0. The number of nitrogens with zero attached hydrogens (tertiary/aromatic N) is 4. The summed E-state index contributed by atoms with van der Waals surface area (Å²) < 4.78 is 0. The summed E-state index contributed by atoms with van der Waals surface area (Å²) in [6.45, 7) is 0. The van der Waals surface area contributed by atoms with E-state index in [1.54, 1.807) is 0 Å². The molecule has 0 radical (unpaired) electrons. The molecule has 0 amide bonds. The van der Waals surface area contributed by atoms with Gasteiger partial charge in [0.15, 0.2) is 17.5 Å². The Balaban J connectivity index is 1.01. The summed E-state index contributed by atoms with van der Waals surface area (Å²) in [4.78, 5) is 20.7. The summed E-state index contributed by atoms with van der Waals surface area (Å²) in [6, 6.07) is 72.3. The van der Waals surface area contributed by atoms with Gasteiger partial charge in [0.1, 0.15) is 0 Å². The predicted octanol–water partition coefficient (Wildman–Crippen LogP) is 13.9. The molecule has 11 aromatic rings. The molecule has 4 heteroatoms. The van der Waals surface area contributed by atoms with Gasteiger partial charge in [-0.05, 0) is 72.8 Å². The molecule has 0 N–H and O–H groups in total. The van der Waals surface area contributed by atoms with Gasteiger partial charge in [-0.3, -0.25) is 0 Å². The van der Waals surface area contributed by atoms with Gasteiger partial charge in [-0.15, -0.1) is 0 Å². The van der Waals surface area contributed by atoms with Gasteiger partial charge in [-0.25, -0.2) is 19.9 Å². The Morgan fingerprint density at radius 1 is 0.259 bits per heavy atom. The molecule has 2 aromatic heterocycles. The van der Waals surface area contributed by atoms with Crippen molar-refractivity contribution in [2.24, 2.45) is 0 Å². The van der Waals surface area contributed by atoms with E-state index in [0.29, 0.717) is 17.5 Å². The van der Waals surface area contributed by atoms with E-state index in [4.69, 9.17) is 19.9 Å². The number of pyridine rings is 1. The quantitative estimate of drug-likeness (QED) is 0.159. The van der Waals surface area contributed by atoms with Crippen molar-refractivity contribution in [1.29, 1.82) is 0 Å². The molecule has 0 spiro atoms. The second kappa shape index (κ2) is 14.0. The van der Waals surface area contributed by atoms with Gasteiger partial charge in [0, 0.05) is 27.6 Å². The smallest absolute Gasteiger partial charge is 0.164 e. The molecule has 0 saturated heterocycles. The number of benzene rings is 9. The molecule has 270 valence electrons. The van der Waals surface area contributed by atoms with Crippen LogP contribution in [0.25, 0.3) is 111 Å². The third kappa shape index (κ3) is 5.96. The number of hydrogen-bond donors (Lipinski definition) is 0. The minimum atomic E-state index is 0.627. The first-order chi connectivity index (χ1) is 28.7. The minimum absolute atomic E-state index is 0.627. The van der Waals surface area contributed by atoms with Crippen molar-refractivity contribution in [2.75, 3.05) is 0 Å². The Hall–Kier alpha value is -7.82. The molecular weight excluding hydrogens is 705 g/mol. The molecule has 0 bridgehead atoms. The molecule has 0 unspecified atom stereocenters. The van der Waals surface area contributed by atoms with Crippen molar-refractivity contribution >= 4 is 43.2 Å². The largest absolute Gasteiger partial charge is 0.248 e. The van der Waals surface area contributed by atoms with Crippen LogP contribution >= 0.6 is 0 Å². The van der Waals surface area contributed by atoms with Crippen molar-refractivity contribution in [3.63, 3.8) is 0 Å². The molecule has 4 nitrogen and oxygen atoms in total. The third-order valence-corrected chi connectivity index (χ3v) is 11.1. The fourth-order valence-corrected chi connectivity index (χ4v) is 8.26. The molecule has 0 aliphatic carbocycles. The Morgan fingerprint density at radius 3 is 1.43 bits per heavy atom. The lowest BCUT2D eigenvalue weighted by atomic mass is 9.94. The Morgan fingerprint density at radius 2 is 0.759 bits per heavy atom. The second-order valence-corrected chi connectivity index (χ2v) is 14.6. The summed E-state index contributed by atoms with van der Waals surface area (Å²) in [5, 5.41) is 8.08. The van der Waals surface area contributed by atoms with Crippen LogP contribution in [0.4, 0.5) is 0 Å². The number of fused-ring (bicyclic) bond motifs is 5.